The minimum Gasteiger partial charge on any atom is -0.497 e. The van der Waals surface area contributed by atoms with E-state index in [9.17, 15) is 28.1 Å². The monoisotopic (exact) mass is 766 g/mol. The number of nitro groups is 1. The lowest BCUT2D eigenvalue weighted by Crippen LogP contribution is -2.55. The number of hydrogen-bond acceptors (Lipinski definition) is 7. The molecular formula is C38H40Cl2N4O7S. The van der Waals surface area contributed by atoms with Gasteiger partial charge in [-0.25, -0.2) is 8.42 Å². The molecule has 274 valence electrons. The summed E-state index contributed by atoms with van der Waals surface area (Å²) in [6.07, 6.45) is 4.75. The lowest BCUT2D eigenvalue weighted by molar-refractivity contribution is -0.385. The zero-order chi connectivity index (χ0) is 37.4. The molecule has 1 aliphatic rings. The highest BCUT2D eigenvalue weighted by Gasteiger charge is 2.36. The molecule has 5 rings (SSSR count). The first kappa shape index (κ1) is 38.6. The number of anilines is 1. The summed E-state index contributed by atoms with van der Waals surface area (Å²) in [5.41, 5.74) is 1.14. The molecule has 1 atom stereocenters. The van der Waals surface area contributed by atoms with Crippen molar-refractivity contribution in [1.82, 2.24) is 10.2 Å². The highest BCUT2D eigenvalue weighted by Crippen LogP contribution is 2.31. The van der Waals surface area contributed by atoms with Gasteiger partial charge in [-0.05, 0) is 67.8 Å². The highest BCUT2D eigenvalue weighted by molar-refractivity contribution is 7.92. The molecule has 0 unspecified atom stereocenters. The van der Waals surface area contributed by atoms with Crippen molar-refractivity contribution in [2.24, 2.45) is 0 Å². The molecule has 0 radical (unpaired) electrons. The van der Waals surface area contributed by atoms with E-state index in [0.717, 1.165) is 48.0 Å². The third-order valence-electron chi connectivity index (χ3n) is 9.22. The fraction of sp³-hybridized carbons (Fsp3) is 0.316. The predicted octanol–water partition coefficient (Wildman–Crippen LogP) is 7.50. The van der Waals surface area contributed by atoms with Crippen molar-refractivity contribution in [3.05, 3.63) is 128 Å². The maximum Gasteiger partial charge on any atom is 0.273 e. The van der Waals surface area contributed by atoms with E-state index in [1.807, 2.05) is 30.3 Å². The molecule has 1 saturated carbocycles. The van der Waals surface area contributed by atoms with Crippen LogP contribution in [0.3, 0.4) is 0 Å². The van der Waals surface area contributed by atoms with Crippen LogP contribution in [0.15, 0.2) is 95.9 Å². The average molecular weight is 768 g/mol. The number of nitrogens with one attached hydrogen (secondary N) is 1. The Kier molecular flexibility index (Phi) is 12.8. The Balaban J connectivity index is 1.62. The van der Waals surface area contributed by atoms with Crippen LogP contribution in [0.1, 0.15) is 48.8 Å². The van der Waals surface area contributed by atoms with Crippen molar-refractivity contribution >= 4 is 56.4 Å². The zero-order valence-electron chi connectivity index (χ0n) is 28.8. The number of amides is 2. The van der Waals surface area contributed by atoms with Crippen molar-refractivity contribution in [1.29, 1.82) is 0 Å². The highest BCUT2D eigenvalue weighted by atomic mass is 35.5. The minimum atomic E-state index is -4.60. The van der Waals surface area contributed by atoms with Gasteiger partial charge < -0.3 is 15.0 Å². The first-order chi connectivity index (χ1) is 24.9. The van der Waals surface area contributed by atoms with Gasteiger partial charge in [0.2, 0.25) is 11.8 Å². The van der Waals surface area contributed by atoms with Gasteiger partial charge in [0.1, 0.15) is 18.3 Å². The van der Waals surface area contributed by atoms with E-state index < -0.39 is 33.4 Å². The number of rotatable bonds is 14. The van der Waals surface area contributed by atoms with Crippen LogP contribution < -0.4 is 14.4 Å². The van der Waals surface area contributed by atoms with Crippen molar-refractivity contribution in [3.8, 4) is 5.75 Å². The molecule has 4 aromatic carbocycles. The number of carbonyl (C=O) groups is 2. The van der Waals surface area contributed by atoms with Gasteiger partial charge in [-0.15, -0.1) is 0 Å². The Hall–Kier alpha value is -4.65. The second kappa shape index (κ2) is 17.2. The number of halogens is 2. The van der Waals surface area contributed by atoms with Crippen molar-refractivity contribution < 1.29 is 27.7 Å². The van der Waals surface area contributed by atoms with E-state index in [0.29, 0.717) is 11.3 Å². The van der Waals surface area contributed by atoms with Gasteiger partial charge in [-0.2, -0.15) is 0 Å². The second-order valence-corrected chi connectivity index (χ2v) is 15.4. The van der Waals surface area contributed by atoms with E-state index in [-0.39, 0.29) is 56.8 Å². The summed E-state index contributed by atoms with van der Waals surface area (Å²) in [7, 11) is -3.14. The van der Waals surface area contributed by atoms with Gasteiger partial charge in [0.05, 0.1) is 22.6 Å². The number of sulfonamides is 1. The van der Waals surface area contributed by atoms with Crippen molar-refractivity contribution in [3.63, 3.8) is 0 Å². The minimum absolute atomic E-state index is 0.0751. The van der Waals surface area contributed by atoms with Crippen LogP contribution >= 0.6 is 23.2 Å². The largest absolute Gasteiger partial charge is 0.497 e. The van der Waals surface area contributed by atoms with Gasteiger partial charge in [-0.1, -0.05) is 84.9 Å². The first-order valence-electron chi connectivity index (χ1n) is 16.9. The fourth-order valence-electron chi connectivity index (χ4n) is 6.30. The molecule has 2 amide bonds. The lowest BCUT2D eigenvalue weighted by atomic mass is 9.94. The number of aryl methyl sites for hydroxylation is 1. The topological polar surface area (TPSA) is 139 Å². The Morgan fingerprint density at radius 3 is 2.21 bits per heavy atom. The number of nitro benzene ring substituents is 1. The molecule has 0 aromatic heterocycles. The molecular weight excluding hydrogens is 727 g/mol. The summed E-state index contributed by atoms with van der Waals surface area (Å²) in [5, 5.41) is 15.5. The van der Waals surface area contributed by atoms with Gasteiger partial charge in [0.25, 0.3) is 15.7 Å². The standard InChI is InChI=1S/C38H40Cl2N4O7S/c1-26-16-21-31(23-35(26)44(47)48)52(49,50)43(29-17-19-30(51-2)20-18-29)25-37(45)42(24-32-33(39)14-9-15-34(32)40)36(22-27-10-5-3-6-11-27)38(46)41-28-12-7-4-8-13-28/h3,5-6,9-11,14-21,23,28,36H,4,7-8,12-13,22,24-25H2,1-2H3,(H,41,46)/t36-/m1/s1. The predicted molar refractivity (Wildman–Crippen MR) is 201 cm³/mol. The molecule has 0 bridgehead atoms. The molecule has 1 aliphatic carbocycles. The third-order valence-corrected chi connectivity index (χ3v) is 11.7. The number of methoxy groups -OCH3 is 1. The molecule has 0 saturated heterocycles. The molecule has 0 spiro atoms. The quantitative estimate of drug-likeness (QED) is 0.104. The Morgan fingerprint density at radius 1 is 0.942 bits per heavy atom. The van der Waals surface area contributed by atoms with Crippen LogP contribution in [-0.4, -0.2) is 55.8 Å². The molecule has 1 N–H and O–H groups in total. The van der Waals surface area contributed by atoms with Gasteiger partial charge in [-0.3, -0.25) is 24.0 Å². The van der Waals surface area contributed by atoms with Crippen LogP contribution in [-0.2, 0) is 32.6 Å². The maximum absolute atomic E-state index is 14.8. The molecule has 0 heterocycles. The van der Waals surface area contributed by atoms with Crippen molar-refractivity contribution in [2.45, 2.75) is 69.0 Å². The summed E-state index contributed by atoms with van der Waals surface area (Å²) < 4.78 is 35.0. The van der Waals surface area contributed by atoms with Gasteiger partial charge in [0.15, 0.2) is 0 Å². The Labute approximate surface area is 313 Å². The molecule has 52 heavy (non-hydrogen) atoms. The van der Waals surface area contributed by atoms with Crippen molar-refractivity contribution in [2.75, 3.05) is 18.0 Å². The van der Waals surface area contributed by atoms with E-state index in [2.05, 4.69) is 5.32 Å². The van der Waals surface area contributed by atoms with Crippen LogP contribution in [0.25, 0.3) is 0 Å². The van der Waals surface area contributed by atoms with E-state index >= 15 is 0 Å². The van der Waals surface area contributed by atoms with Gasteiger partial charge >= 0.3 is 0 Å². The summed E-state index contributed by atoms with van der Waals surface area (Å²) in [5.74, 6) is -0.673. The summed E-state index contributed by atoms with van der Waals surface area (Å²) in [4.78, 5) is 41.2. The molecule has 1 fully saturated rings. The van der Waals surface area contributed by atoms with Crippen LogP contribution in [0.5, 0.6) is 5.75 Å². The zero-order valence-corrected chi connectivity index (χ0v) is 31.2. The van der Waals surface area contributed by atoms with E-state index in [4.69, 9.17) is 27.9 Å². The number of ether oxygens (including phenoxy) is 1. The van der Waals surface area contributed by atoms with Crippen LogP contribution in [0, 0.1) is 17.0 Å². The van der Waals surface area contributed by atoms with Gasteiger partial charge in [0, 0.05) is 46.2 Å². The smallest absolute Gasteiger partial charge is 0.273 e. The first-order valence-corrected chi connectivity index (χ1v) is 19.1. The molecule has 11 nitrogen and oxygen atoms in total. The normalized spacial score (nSPS) is 13.9. The number of hydrogen-bond donors (Lipinski definition) is 1. The third kappa shape index (κ3) is 9.22. The fourth-order valence-corrected chi connectivity index (χ4v) is 8.25. The van der Waals surface area contributed by atoms with Crippen LogP contribution in [0.4, 0.5) is 11.4 Å². The number of benzene rings is 4. The molecule has 4 aromatic rings. The van der Waals surface area contributed by atoms with E-state index in [1.165, 1.54) is 55.3 Å². The lowest BCUT2D eigenvalue weighted by Gasteiger charge is -2.35. The second-order valence-electron chi connectivity index (χ2n) is 12.7. The Morgan fingerprint density at radius 2 is 1.60 bits per heavy atom. The Bertz CT molecular complexity index is 1990. The average Bonchev–Trinajstić information content (AvgIpc) is 3.13. The SMILES string of the molecule is COc1ccc(N(CC(=O)N(Cc2c(Cl)cccc2Cl)[C@H](Cc2ccccc2)C(=O)NC2CCCCC2)S(=O)(=O)c2ccc(C)c([N+](=O)[O-])c2)cc1. The molecule has 0 aliphatic heterocycles. The summed E-state index contributed by atoms with van der Waals surface area (Å²) in [6.45, 7) is 0.530. The maximum atomic E-state index is 14.8. The summed E-state index contributed by atoms with van der Waals surface area (Å²) >= 11 is 13.2. The number of nitrogens with zero attached hydrogens (tertiary/aromatic N) is 3. The summed E-state index contributed by atoms with van der Waals surface area (Å²) in [6, 6.07) is 22.6. The van der Waals surface area contributed by atoms with E-state index in [1.54, 1.807) is 18.2 Å². The molecule has 14 heteroatoms. The number of carbonyl (C=O) groups excluding carboxylic acids is 2. The van der Waals surface area contributed by atoms with Crippen LogP contribution in [0.2, 0.25) is 10.0 Å².